The molecule has 1 atom stereocenters. The van der Waals surface area contributed by atoms with E-state index in [-0.39, 0.29) is 6.04 Å². The van der Waals surface area contributed by atoms with Crippen molar-refractivity contribution in [1.29, 1.82) is 0 Å². The minimum Gasteiger partial charge on any atom is -0.308 e. The van der Waals surface area contributed by atoms with Gasteiger partial charge in [0.15, 0.2) is 0 Å². The molecule has 0 aliphatic heterocycles. The predicted octanol–water partition coefficient (Wildman–Crippen LogP) is 0.343. The van der Waals surface area contributed by atoms with Gasteiger partial charge in [-0.2, -0.15) is 0 Å². The van der Waals surface area contributed by atoms with Crippen LogP contribution in [-0.4, -0.2) is 32.7 Å². The molecule has 0 spiro atoms. The molecule has 1 rings (SSSR count). The van der Waals surface area contributed by atoms with Crippen molar-refractivity contribution in [1.82, 2.24) is 15.0 Å². The van der Waals surface area contributed by atoms with E-state index in [4.69, 9.17) is 0 Å². The maximum atomic E-state index is 10.8. The van der Waals surface area contributed by atoms with Gasteiger partial charge in [0.2, 0.25) is 10.0 Å². The lowest BCUT2D eigenvalue weighted by atomic mass is 10.3. The van der Waals surface area contributed by atoms with E-state index in [9.17, 15) is 8.42 Å². The van der Waals surface area contributed by atoms with Crippen LogP contribution in [0.2, 0.25) is 0 Å². The number of aromatic nitrogens is 1. The summed E-state index contributed by atoms with van der Waals surface area (Å²) in [4.78, 5) is 5.13. The average Bonchev–Trinajstić information content (AvgIpc) is 2.63. The molecule has 0 radical (unpaired) electrons. The van der Waals surface area contributed by atoms with Gasteiger partial charge in [-0.1, -0.05) is 0 Å². The Morgan fingerprint density at radius 1 is 1.53 bits per heavy atom. The molecular formula is C8H15N3O2S2. The van der Waals surface area contributed by atoms with Gasteiger partial charge in [0.25, 0.3) is 0 Å². The maximum Gasteiger partial charge on any atom is 0.208 e. The second kappa shape index (κ2) is 5.55. The van der Waals surface area contributed by atoms with E-state index in [1.165, 1.54) is 0 Å². The molecule has 0 aromatic carbocycles. The Balaban J connectivity index is 2.21. The normalized spacial score (nSPS) is 14.0. The zero-order chi connectivity index (χ0) is 11.3. The van der Waals surface area contributed by atoms with Crippen molar-refractivity contribution in [3.63, 3.8) is 0 Å². The first-order valence-electron chi connectivity index (χ1n) is 4.55. The summed E-state index contributed by atoms with van der Waals surface area (Å²) >= 11 is 1.58. The Labute approximate surface area is 94.0 Å². The predicted molar refractivity (Wildman–Crippen MR) is 61.4 cm³/mol. The van der Waals surface area contributed by atoms with Crippen molar-refractivity contribution in [3.8, 4) is 0 Å². The number of rotatable bonds is 6. The molecule has 0 saturated carbocycles. The van der Waals surface area contributed by atoms with E-state index in [0.29, 0.717) is 13.1 Å². The van der Waals surface area contributed by atoms with Gasteiger partial charge in [0.1, 0.15) is 0 Å². The summed E-state index contributed by atoms with van der Waals surface area (Å²) in [5, 5.41) is 3.20. The quantitative estimate of drug-likeness (QED) is 0.713. The van der Waals surface area contributed by atoms with Gasteiger partial charge in [0.05, 0.1) is 11.8 Å². The SMILES string of the molecule is CC(NCCNS(C)(=O)=O)c1cncs1. The van der Waals surface area contributed by atoms with Crippen molar-refractivity contribution in [2.24, 2.45) is 0 Å². The summed E-state index contributed by atoms with van der Waals surface area (Å²) in [6.07, 6.45) is 2.96. The summed E-state index contributed by atoms with van der Waals surface area (Å²) < 4.78 is 23.9. The van der Waals surface area contributed by atoms with Crippen LogP contribution in [0.5, 0.6) is 0 Å². The Bertz CT molecular complexity index is 375. The highest BCUT2D eigenvalue weighted by Crippen LogP contribution is 2.15. The lowest BCUT2D eigenvalue weighted by Crippen LogP contribution is -2.32. The summed E-state index contributed by atoms with van der Waals surface area (Å²) in [5.74, 6) is 0. The second-order valence-corrected chi connectivity index (χ2v) is 6.00. The second-order valence-electron chi connectivity index (χ2n) is 3.25. The first kappa shape index (κ1) is 12.6. The molecule has 0 amide bonds. The molecule has 2 N–H and O–H groups in total. The maximum absolute atomic E-state index is 10.8. The molecule has 0 bridgehead atoms. The van der Waals surface area contributed by atoms with Crippen LogP contribution in [0.1, 0.15) is 17.8 Å². The largest absolute Gasteiger partial charge is 0.308 e. The number of nitrogens with one attached hydrogen (secondary N) is 2. The van der Waals surface area contributed by atoms with Crippen LogP contribution in [0.15, 0.2) is 11.7 Å². The number of hydrogen-bond donors (Lipinski definition) is 2. The Morgan fingerprint density at radius 2 is 2.27 bits per heavy atom. The fourth-order valence-corrected chi connectivity index (χ4v) is 2.19. The third-order valence-corrected chi connectivity index (χ3v) is 3.50. The van der Waals surface area contributed by atoms with Gasteiger partial charge in [-0.3, -0.25) is 4.98 Å². The van der Waals surface area contributed by atoms with E-state index < -0.39 is 10.0 Å². The molecule has 1 heterocycles. The van der Waals surface area contributed by atoms with Gasteiger partial charge >= 0.3 is 0 Å². The number of hydrogen-bond acceptors (Lipinski definition) is 5. The standard InChI is InChI=1S/C8H15N3O2S2/c1-7(8-5-9-6-14-8)10-3-4-11-15(2,12)13/h5-7,10-11H,3-4H2,1-2H3. The van der Waals surface area contributed by atoms with Gasteiger partial charge in [0, 0.05) is 30.2 Å². The van der Waals surface area contributed by atoms with E-state index in [1.807, 2.05) is 13.1 Å². The average molecular weight is 249 g/mol. The lowest BCUT2D eigenvalue weighted by Gasteiger charge is -2.11. The van der Waals surface area contributed by atoms with Gasteiger partial charge in [-0.15, -0.1) is 11.3 Å². The minimum absolute atomic E-state index is 0.207. The summed E-state index contributed by atoms with van der Waals surface area (Å²) in [5.41, 5.74) is 1.78. The molecule has 0 aliphatic rings. The Kier molecular flexibility index (Phi) is 4.65. The van der Waals surface area contributed by atoms with Gasteiger partial charge < -0.3 is 5.32 Å². The third kappa shape index (κ3) is 5.22. The minimum atomic E-state index is -3.08. The van der Waals surface area contributed by atoms with E-state index >= 15 is 0 Å². The molecule has 0 fully saturated rings. The van der Waals surface area contributed by atoms with Crippen LogP contribution in [-0.2, 0) is 10.0 Å². The molecule has 0 aliphatic carbocycles. The van der Waals surface area contributed by atoms with Crippen LogP contribution >= 0.6 is 11.3 Å². The Morgan fingerprint density at radius 3 is 2.80 bits per heavy atom. The highest BCUT2D eigenvalue weighted by molar-refractivity contribution is 7.88. The molecule has 7 heteroatoms. The molecular weight excluding hydrogens is 234 g/mol. The first-order valence-corrected chi connectivity index (χ1v) is 7.32. The molecule has 1 aromatic rings. The Hall–Kier alpha value is -0.500. The molecule has 5 nitrogen and oxygen atoms in total. The molecule has 1 aromatic heterocycles. The highest BCUT2D eigenvalue weighted by Gasteiger charge is 2.06. The molecule has 86 valence electrons. The zero-order valence-electron chi connectivity index (χ0n) is 8.73. The van der Waals surface area contributed by atoms with Crippen molar-refractivity contribution in [2.75, 3.05) is 19.3 Å². The number of sulfonamides is 1. The molecule has 1 unspecified atom stereocenters. The first-order chi connectivity index (χ1) is 6.99. The van der Waals surface area contributed by atoms with Crippen molar-refractivity contribution in [3.05, 3.63) is 16.6 Å². The molecule has 0 saturated heterocycles. The van der Waals surface area contributed by atoms with E-state index in [1.54, 1.807) is 16.8 Å². The van der Waals surface area contributed by atoms with E-state index in [2.05, 4.69) is 15.0 Å². The van der Waals surface area contributed by atoms with Crippen LogP contribution in [0, 0.1) is 0 Å². The zero-order valence-corrected chi connectivity index (χ0v) is 10.4. The van der Waals surface area contributed by atoms with Crippen LogP contribution in [0.25, 0.3) is 0 Å². The highest BCUT2D eigenvalue weighted by atomic mass is 32.2. The van der Waals surface area contributed by atoms with Crippen LogP contribution < -0.4 is 10.0 Å². The monoisotopic (exact) mass is 249 g/mol. The third-order valence-electron chi connectivity index (χ3n) is 1.82. The topological polar surface area (TPSA) is 71.1 Å². The van der Waals surface area contributed by atoms with Crippen molar-refractivity contribution < 1.29 is 8.42 Å². The van der Waals surface area contributed by atoms with Gasteiger partial charge in [-0.05, 0) is 6.92 Å². The van der Waals surface area contributed by atoms with Crippen molar-refractivity contribution in [2.45, 2.75) is 13.0 Å². The fraction of sp³-hybridized carbons (Fsp3) is 0.625. The van der Waals surface area contributed by atoms with Crippen molar-refractivity contribution >= 4 is 21.4 Å². The lowest BCUT2D eigenvalue weighted by molar-refractivity contribution is 0.560. The smallest absolute Gasteiger partial charge is 0.208 e. The fourth-order valence-electron chi connectivity index (χ4n) is 1.07. The molecule has 15 heavy (non-hydrogen) atoms. The van der Waals surface area contributed by atoms with Gasteiger partial charge in [-0.25, -0.2) is 13.1 Å². The summed E-state index contributed by atoms with van der Waals surface area (Å²) in [6, 6.07) is 0.207. The summed E-state index contributed by atoms with van der Waals surface area (Å²) in [7, 11) is -3.08. The van der Waals surface area contributed by atoms with E-state index in [0.717, 1.165) is 11.1 Å². The number of nitrogens with zero attached hydrogens (tertiary/aromatic N) is 1. The number of thiazole rings is 1. The van der Waals surface area contributed by atoms with Crippen LogP contribution in [0.3, 0.4) is 0 Å². The van der Waals surface area contributed by atoms with Crippen LogP contribution in [0.4, 0.5) is 0 Å². The summed E-state index contributed by atoms with van der Waals surface area (Å²) in [6.45, 7) is 3.03.